The minimum atomic E-state index is -0.520. The van der Waals surface area contributed by atoms with Crippen LogP contribution in [0.3, 0.4) is 0 Å². The third-order valence-corrected chi connectivity index (χ3v) is 4.93. The molecule has 6 nitrogen and oxygen atoms in total. The molecule has 2 rings (SSSR count). The van der Waals surface area contributed by atoms with Gasteiger partial charge < -0.3 is 5.32 Å². The first kappa shape index (κ1) is 20.8. The van der Waals surface area contributed by atoms with Gasteiger partial charge in [-0.1, -0.05) is 35.4 Å². The van der Waals surface area contributed by atoms with Gasteiger partial charge >= 0.3 is 0 Å². The fourth-order valence-electron chi connectivity index (χ4n) is 2.03. The van der Waals surface area contributed by atoms with E-state index in [1.54, 1.807) is 25.1 Å². The van der Waals surface area contributed by atoms with E-state index in [-0.39, 0.29) is 11.7 Å². The van der Waals surface area contributed by atoms with Crippen molar-refractivity contribution < 1.29 is 14.4 Å². The highest BCUT2D eigenvalue weighted by Crippen LogP contribution is 2.13. The molecule has 0 unspecified atom stereocenters. The molecular formula is C19H20ClN3O3S. The van der Waals surface area contributed by atoms with Crippen LogP contribution < -0.4 is 16.2 Å². The molecule has 27 heavy (non-hydrogen) atoms. The summed E-state index contributed by atoms with van der Waals surface area (Å²) < 4.78 is 0. The van der Waals surface area contributed by atoms with Crippen LogP contribution in [-0.4, -0.2) is 28.7 Å². The zero-order valence-corrected chi connectivity index (χ0v) is 16.5. The quantitative estimate of drug-likeness (QED) is 0.644. The van der Waals surface area contributed by atoms with Crippen LogP contribution in [0.25, 0.3) is 0 Å². The van der Waals surface area contributed by atoms with Crippen LogP contribution in [0.2, 0.25) is 5.02 Å². The lowest BCUT2D eigenvalue weighted by Crippen LogP contribution is -2.45. The van der Waals surface area contributed by atoms with Gasteiger partial charge in [-0.3, -0.25) is 25.2 Å². The fourth-order valence-corrected chi connectivity index (χ4v) is 2.91. The molecule has 1 atom stereocenters. The number of carbonyl (C=O) groups is 3. The smallest absolute Gasteiger partial charge is 0.269 e. The van der Waals surface area contributed by atoms with Gasteiger partial charge in [-0.2, -0.15) is 0 Å². The van der Waals surface area contributed by atoms with Crippen molar-refractivity contribution in [2.45, 2.75) is 19.1 Å². The Hall–Kier alpha value is -2.51. The highest BCUT2D eigenvalue weighted by molar-refractivity contribution is 8.01. The Balaban J connectivity index is 1.74. The first-order valence-corrected chi connectivity index (χ1v) is 9.61. The molecule has 142 valence electrons. The van der Waals surface area contributed by atoms with Crippen molar-refractivity contribution in [3.63, 3.8) is 0 Å². The Bertz CT molecular complexity index is 827. The van der Waals surface area contributed by atoms with Crippen LogP contribution in [0.1, 0.15) is 22.8 Å². The Kier molecular flexibility index (Phi) is 7.69. The number of amides is 3. The maximum absolute atomic E-state index is 12.0. The standard InChI is InChI=1S/C19H20ClN3O3S/c1-12-6-8-16(9-7-12)21-17(24)11-27-13(2)18(25)22-23-19(26)14-4-3-5-15(20)10-14/h3-10,13H,11H2,1-2H3,(H,21,24)(H,22,25)(H,23,26)/t13-/m0/s1. The Morgan fingerprint density at radius 3 is 2.44 bits per heavy atom. The number of hydrogen-bond acceptors (Lipinski definition) is 4. The number of rotatable bonds is 6. The van der Waals surface area contributed by atoms with E-state index in [0.29, 0.717) is 16.3 Å². The zero-order valence-electron chi connectivity index (χ0n) is 14.9. The topological polar surface area (TPSA) is 87.3 Å². The van der Waals surface area contributed by atoms with Gasteiger partial charge in [0.25, 0.3) is 11.8 Å². The minimum absolute atomic E-state index is 0.116. The number of aryl methyl sites for hydroxylation is 1. The fraction of sp³-hybridized carbons (Fsp3) is 0.211. The summed E-state index contributed by atoms with van der Waals surface area (Å²) in [5, 5.41) is 2.67. The molecule has 0 fully saturated rings. The van der Waals surface area contributed by atoms with Gasteiger partial charge in [0.1, 0.15) is 0 Å². The van der Waals surface area contributed by atoms with Gasteiger partial charge in [0, 0.05) is 16.3 Å². The average Bonchev–Trinajstić information content (AvgIpc) is 2.65. The second kappa shape index (κ2) is 9.99. The molecule has 0 aromatic heterocycles. The maximum atomic E-state index is 12.0. The second-order valence-electron chi connectivity index (χ2n) is 5.82. The van der Waals surface area contributed by atoms with Crippen LogP contribution in [0.5, 0.6) is 0 Å². The minimum Gasteiger partial charge on any atom is -0.325 e. The molecule has 0 saturated carbocycles. The van der Waals surface area contributed by atoms with E-state index in [1.807, 2.05) is 31.2 Å². The Morgan fingerprint density at radius 2 is 1.78 bits per heavy atom. The second-order valence-corrected chi connectivity index (χ2v) is 7.59. The predicted octanol–water partition coefficient (Wildman–Crippen LogP) is 3.17. The summed E-state index contributed by atoms with van der Waals surface area (Å²) in [6, 6.07) is 13.8. The highest BCUT2D eigenvalue weighted by Gasteiger charge is 2.16. The molecule has 2 aromatic carbocycles. The van der Waals surface area contributed by atoms with Crippen molar-refractivity contribution in [1.29, 1.82) is 0 Å². The lowest BCUT2D eigenvalue weighted by atomic mass is 10.2. The number of carbonyl (C=O) groups excluding carboxylic acids is 3. The van der Waals surface area contributed by atoms with Crippen LogP contribution >= 0.6 is 23.4 Å². The van der Waals surface area contributed by atoms with Crippen molar-refractivity contribution >= 4 is 46.8 Å². The average molecular weight is 406 g/mol. The van der Waals surface area contributed by atoms with Gasteiger partial charge in [-0.05, 0) is 44.2 Å². The lowest BCUT2D eigenvalue weighted by molar-refractivity contribution is -0.121. The SMILES string of the molecule is Cc1ccc(NC(=O)CS[C@@H](C)C(=O)NNC(=O)c2cccc(Cl)c2)cc1. The summed E-state index contributed by atoms with van der Waals surface area (Å²) in [6.07, 6.45) is 0. The molecule has 0 saturated heterocycles. The van der Waals surface area contributed by atoms with Crippen molar-refractivity contribution in [3.05, 3.63) is 64.7 Å². The summed E-state index contributed by atoms with van der Waals surface area (Å²) in [6.45, 7) is 3.62. The molecule has 3 amide bonds. The van der Waals surface area contributed by atoms with Crippen LogP contribution in [0.4, 0.5) is 5.69 Å². The molecule has 0 aliphatic heterocycles. The van der Waals surface area contributed by atoms with E-state index in [9.17, 15) is 14.4 Å². The highest BCUT2D eigenvalue weighted by atomic mass is 35.5. The van der Waals surface area contributed by atoms with Gasteiger partial charge in [0.05, 0.1) is 11.0 Å². The Labute approximate surface area is 167 Å². The van der Waals surface area contributed by atoms with E-state index >= 15 is 0 Å². The molecule has 0 heterocycles. The van der Waals surface area contributed by atoms with Gasteiger partial charge in [-0.15, -0.1) is 11.8 Å². The maximum Gasteiger partial charge on any atom is 0.269 e. The molecule has 3 N–H and O–H groups in total. The Morgan fingerprint density at radius 1 is 1.07 bits per heavy atom. The van der Waals surface area contributed by atoms with E-state index < -0.39 is 17.1 Å². The normalized spacial score (nSPS) is 11.4. The van der Waals surface area contributed by atoms with E-state index in [0.717, 1.165) is 5.56 Å². The molecular weight excluding hydrogens is 386 g/mol. The summed E-state index contributed by atoms with van der Waals surface area (Å²) in [5.74, 6) is -0.963. The van der Waals surface area contributed by atoms with Crippen molar-refractivity contribution in [2.24, 2.45) is 0 Å². The molecule has 2 aromatic rings. The predicted molar refractivity (Wildman–Crippen MR) is 109 cm³/mol. The number of halogens is 1. The van der Waals surface area contributed by atoms with Crippen molar-refractivity contribution in [3.8, 4) is 0 Å². The summed E-state index contributed by atoms with van der Waals surface area (Å²) in [4.78, 5) is 36.0. The summed E-state index contributed by atoms with van der Waals surface area (Å²) in [7, 11) is 0. The van der Waals surface area contributed by atoms with Gasteiger partial charge in [0.15, 0.2) is 0 Å². The molecule has 0 aliphatic rings. The van der Waals surface area contributed by atoms with E-state index in [4.69, 9.17) is 11.6 Å². The summed E-state index contributed by atoms with van der Waals surface area (Å²) >= 11 is 7.00. The molecule has 0 radical (unpaired) electrons. The van der Waals surface area contributed by atoms with Crippen LogP contribution in [-0.2, 0) is 9.59 Å². The molecule has 8 heteroatoms. The molecule has 0 bridgehead atoms. The third-order valence-electron chi connectivity index (χ3n) is 3.56. The first-order chi connectivity index (χ1) is 12.8. The summed E-state index contributed by atoms with van der Waals surface area (Å²) in [5.41, 5.74) is 6.82. The van der Waals surface area contributed by atoms with Crippen molar-refractivity contribution in [1.82, 2.24) is 10.9 Å². The molecule has 0 spiro atoms. The van der Waals surface area contributed by atoms with Crippen molar-refractivity contribution in [2.75, 3.05) is 11.1 Å². The lowest BCUT2D eigenvalue weighted by Gasteiger charge is -2.13. The number of hydrogen-bond donors (Lipinski definition) is 3. The zero-order chi connectivity index (χ0) is 19.8. The number of hydrazine groups is 1. The van der Waals surface area contributed by atoms with E-state index in [2.05, 4.69) is 16.2 Å². The van der Waals surface area contributed by atoms with Crippen LogP contribution in [0.15, 0.2) is 48.5 Å². The van der Waals surface area contributed by atoms with Crippen LogP contribution in [0, 0.1) is 6.92 Å². The molecule has 0 aliphatic carbocycles. The first-order valence-electron chi connectivity index (χ1n) is 8.19. The monoisotopic (exact) mass is 405 g/mol. The van der Waals surface area contributed by atoms with E-state index in [1.165, 1.54) is 17.8 Å². The number of benzene rings is 2. The third kappa shape index (κ3) is 6.96. The number of thioether (sulfide) groups is 1. The van der Waals surface area contributed by atoms with Gasteiger partial charge in [-0.25, -0.2) is 0 Å². The van der Waals surface area contributed by atoms with Gasteiger partial charge in [0.2, 0.25) is 5.91 Å². The number of nitrogens with one attached hydrogen (secondary N) is 3. The largest absolute Gasteiger partial charge is 0.325 e. The number of anilines is 1.